The highest BCUT2D eigenvalue weighted by Gasteiger charge is 2.40. The number of carbonyl (C=O) groups excluding carboxylic acids is 1. The van der Waals surface area contributed by atoms with Crippen molar-refractivity contribution in [1.82, 2.24) is 0 Å². The molecule has 2 unspecified atom stereocenters. The van der Waals surface area contributed by atoms with E-state index in [9.17, 15) is 4.79 Å². The van der Waals surface area contributed by atoms with Gasteiger partial charge in [-0.1, -0.05) is 67.9 Å². The summed E-state index contributed by atoms with van der Waals surface area (Å²) in [6, 6.07) is 18.5. The number of hydrogen-bond acceptors (Lipinski definition) is 2. The van der Waals surface area contributed by atoms with E-state index in [-0.39, 0.29) is 17.6 Å². The first-order valence-corrected chi connectivity index (χ1v) is 8.37. The van der Waals surface area contributed by atoms with Crippen LogP contribution in [0.3, 0.4) is 0 Å². The molecule has 0 spiro atoms. The average Bonchev–Trinajstić information content (AvgIpc) is 2.93. The Hall–Kier alpha value is -2.22. The molecule has 2 heteroatoms. The fourth-order valence-corrected chi connectivity index (χ4v) is 3.55. The van der Waals surface area contributed by atoms with Crippen LogP contribution in [0.25, 0.3) is 0 Å². The largest absolute Gasteiger partial charge is 0.298 e. The van der Waals surface area contributed by atoms with Crippen LogP contribution in [0.1, 0.15) is 48.3 Å². The molecule has 0 bridgehead atoms. The number of nitrogens with zero attached hydrogens (tertiary/aromatic N) is 1. The fraction of sp³-hybridized carbons (Fsp3) is 0.333. The Kier molecular flexibility index (Phi) is 4.71. The first-order valence-electron chi connectivity index (χ1n) is 8.37. The number of carbonyl (C=O) groups is 1. The van der Waals surface area contributed by atoms with Crippen molar-refractivity contribution in [2.24, 2.45) is 4.99 Å². The minimum Gasteiger partial charge on any atom is -0.298 e. The van der Waals surface area contributed by atoms with Crippen molar-refractivity contribution in [3.8, 4) is 0 Å². The van der Waals surface area contributed by atoms with Gasteiger partial charge in [0, 0.05) is 25.1 Å². The molecule has 1 aliphatic rings. The van der Waals surface area contributed by atoms with E-state index in [0.717, 1.165) is 36.1 Å². The highest BCUT2D eigenvalue weighted by atomic mass is 16.1. The lowest BCUT2D eigenvalue weighted by Crippen LogP contribution is -2.15. The maximum atomic E-state index is 13.1. The minimum absolute atomic E-state index is 0.0604. The van der Waals surface area contributed by atoms with E-state index in [1.54, 1.807) is 7.05 Å². The van der Waals surface area contributed by atoms with E-state index in [1.807, 2.05) is 30.3 Å². The number of Topliss-reactive ketones (excluding diaryl/α,β-unsaturated/α-hetero) is 1. The molecule has 0 amide bonds. The van der Waals surface area contributed by atoms with Crippen molar-refractivity contribution in [1.29, 1.82) is 0 Å². The van der Waals surface area contributed by atoms with Crippen molar-refractivity contribution >= 4 is 11.5 Å². The quantitative estimate of drug-likeness (QED) is 0.815. The van der Waals surface area contributed by atoms with Gasteiger partial charge < -0.3 is 0 Å². The Morgan fingerprint density at radius 2 is 1.78 bits per heavy atom. The van der Waals surface area contributed by atoms with Gasteiger partial charge in [-0.2, -0.15) is 0 Å². The Morgan fingerprint density at radius 3 is 2.48 bits per heavy atom. The zero-order chi connectivity index (χ0) is 16.2. The monoisotopic (exact) mass is 305 g/mol. The molecule has 2 aromatic rings. The molecule has 3 rings (SSSR count). The Labute approximate surface area is 138 Å². The van der Waals surface area contributed by atoms with Crippen LogP contribution in [-0.4, -0.2) is 18.5 Å². The van der Waals surface area contributed by atoms with Gasteiger partial charge >= 0.3 is 0 Å². The lowest BCUT2D eigenvalue weighted by atomic mass is 9.90. The first kappa shape index (κ1) is 15.7. The average molecular weight is 305 g/mol. The molecule has 0 N–H and O–H groups in total. The third-order valence-corrected chi connectivity index (χ3v) is 4.69. The van der Waals surface area contributed by atoms with Crippen LogP contribution < -0.4 is 0 Å². The summed E-state index contributed by atoms with van der Waals surface area (Å²) in [6.45, 7) is 2.18. The summed E-state index contributed by atoms with van der Waals surface area (Å²) >= 11 is 0. The standard InChI is InChI=1S/C21H23NO/c1-3-8-15-9-7-12-17(13-15)20-19(22-2)14-18(21(20)23)16-10-5-4-6-11-16/h4-7,9-13,18,20H,3,8,14H2,1-2H3. The zero-order valence-electron chi connectivity index (χ0n) is 13.8. The van der Waals surface area contributed by atoms with Crippen molar-refractivity contribution in [3.63, 3.8) is 0 Å². The summed E-state index contributed by atoms with van der Waals surface area (Å²) in [5.41, 5.74) is 4.51. The van der Waals surface area contributed by atoms with Gasteiger partial charge in [0.05, 0.1) is 5.92 Å². The molecule has 2 aromatic carbocycles. The molecule has 23 heavy (non-hydrogen) atoms. The normalized spacial score (nSPS) is 22.7. The van der Waals surface area contributed by atoms with E-state index < -0.39 is 0 Å². The second-order valence-electron chi connectivity index (χ2n) is 6.21. The molecule has 0 aliphatic heterocycles. The van der Waals surface area contributed by atoms with Crippen LogP contribution in [0, 0.1) is 0 Å². The number of aliphatic imine (C=N–C) groups is 1. The van der Waals surface area contributed by atoms with E-state index in [0.29, 0.717) is 0 Å². The highest BCUT2D eigenvalue weighted by Crippen LogP contribution is 2.39. The van der Waals surface area contributed by atoms with E-state index >= 15 is 0 Å². The van der Waals surface area contributed by atoms with Gasteiger partial charge in [-0.3, -0.25) is 9.79 Å². The zero-order valence-corrected chi connectivity index (χ0v) is 13.8. The van der Waals surface area contributed by atoms with E-state index in [2.05, 4.69) is 36.2 Å². The molecule has 118 valence electrons. The van der Waals surface area contributed by atoms with Crippen molar-refractivity contribution in [3.05, 3.63) is 71.3 Å². The first-order chi connectivity index (χ1) is 11.2. The van der Waals surface area contributed by atoms with Crippen LogP contribution in [0.5, 0.6) is 0 Å². The molecule has 0 radical (unpaired) electrons. The van der Waals surface area contributed by atoms with Crippen molar-refractivity contribution in [2.75, 3.05) is 7.05 Å². The summed E-state index contributed by atoms with van der Waals surface area (Å²) in [5.74, 6) is 0.0437. The predicted octanol–water partition coefficient (Wildman–Crippen LogP) is 4.55. The molecule has 2 atom stereocenters. The second-order valence-corrected chi connectivity index (χ2v) is 6.21. The summed E-state index contributed by atoms with van der Waals surface area (Å²) in [4.78, 5) is 17.5. The third-order valence-electron chi connectivity index (χ3n) is 4.69. The fourth-order valence-electron chi connectivity index (χ4n) is 3.55. The van der Waals surface area contributed by atoms with Crippen LogP contribution in [0.4, 0.5) is 0 Å². The topological polar surface area (TPSA) is 29.4 Å². The Morgan fingerprint density at radius 1 is 1.04 bits per heavy atom. The molecule has 0 heterocycles. The molecule has 2 nitrogen and oxygen atoms in total. The minimum atomic E-state index is -0.179. The number of benzene rings is 2. The molecule has 1 aliphatic carbocycles. The van der Waals surface area contributed by atoms with Gasteiger partial charge in [0.2, 0.25) is 0 Å². The second kappa shape index (κ2) is 6.91. The number of rotatable bonds is 4. The SMILES string of the molecule is CCCc1cccc(C2C(=O)C(c3ccccc3)CC2=NC)c1. The number of aryl methyl sites for hydroxylation is 1. The lowest BCUT2D eigenvalue weighted by molar-refractivity contribution is -0.119. The summed E-state index contributed by atoms with van der Waals surface area (Å²) in [6.07, 6.45) is 2.90. The van der Waals surface area contributed by atoms with E-state index in [1.165, 1.54) is 5.56 Å². The Balaban J connectivity index is 1.95. The van der Waals surface area contributed by atoms with Crippen LogP contribution in [0.15, 0.2) is 59.6 Å². The van der Waals surface area contributed by atoms with Gasteiger partial charge in [0.15, 0.2) is 5.78 Å². The molecule has 0 saturated heterocycles. The Bertz CT molecular complexity index is 718. The van der Waals surface area contributed by atoms with Gasteiger partial charge in [0.1, 0.15) is 0 Å². The molecular formula is C21H23NO. The molecule has 0 aromatic heterocycles. The third kappa shape index (κ3) is 3.12. The molecule has 1 saturated carbocycles. The van der Waals surface area contributed by atoms with Crippen LogP contribution >= 0.6 is 0 Å². The van der Waals surface area contributed by atoms with Crippen molar-refractivity contribution < 1.29 is 4.79 Å². The predicted molar refractivity (Wildman–Crippen MR) is 95.3 cm³/mol. The van der Waals surface area contributed by atoms with Crippen LogP contribution in [0.2, 0.25) is 0 Å². The van der Waals surface area contributed by atoms with Crippen LogP contribution in [-0.2, 0) is 11.2 Å². The maximum Gasteiger partial charge on any atom is 0.153 e. The molecule has 1 fully saturated rings. The van der Waals surface area contributed by atoms with Gasteiger partial charge in [0.25, 0.3) is 0 Å². The molecular weight excluding hydrogens is 282 g/mol. The lowest BCUT2D eigenvalue weighted by Gasteiger charge is -2.13. The van der Waals surface area contributed by atoms with Gasteiger partial charge in [-0.05, 0) is 23.1 Å². The smallest absolute Gasteiger partial charge is 0.153 e. The van der Waals surface area contributed by atoms with Gasteiger partial charge in [-0.25, -0.2) is 0 Å². The van der Waals surface area contributed by atoms with Gasteiger partial charge in [-0.15, -0.1) is 0 Å². The number of ketones is 1. The highest BCUT2D eigenvalue weighted by molar-refractivity contribution is 6.18. The summed E-state index contributed by atoms with van der Waals surface area (Å²) in [7, 11) is 1.80. The summed E-state index contributed by atoms with van der Waals surface area (Å²) < 4.78 is 0. The van der Waals surface area contributed by atoms with Crippen molar-refractivity contribution in [2.45, 2.75) is 38.0 Å². The van der Waals surface area contributed by atoms with E-state index in [4.69, 9.17) is 0 Å². The maximum absolute atomic E-state index is 13.1. The summed E-state index contributed by atoms with van der Waals surface area (Å²) in [5, 5.41) is 0. The number of hydrogen-bond donors (Lipinski definition) is 0.